The molecule has 1 heterocycles. The van der Waals surface area contributed by atoms with Gasteiger partial charge in [0.25, 0.3) is 0 Å². The highest BCUT2D eigenvalue weighted by atomic mass is 16.1. The lowest BCUT2D eigenvalue weighted by Gasteiger charge is -2.06. The number of aromatic nitrogens is 1. The van der Waals surface area contributed by atoms with E-state index in [1.807, 2.05) is 43.3 Å². The Labute approximate surface area is 170 Å². The van der Waals surface area contributed by atoms with Crippen molar-refractivity contribution in [3.63, 3.8) is 0 Å². The minimum Gasteiger partial charge on any atom is -0.383 e. The first kappa shape index (κ1) is 20.0. The Balaban J connectivity index is 1.52. The molecule has 3 aromatic rings. The fraction of sp³-hybridized carbons (Fsp3) is 0.125. The maximum absolute atomic E-state index is 12.4. The number of anilines is 1. The van der Waals surface area contributed by atoms with Gasteiger partial charge in [-0.3, -0.25) is 9.59 Å². The molecule has 146 valence electrons. The molecule has 0 aliphatic heterocycles. The maximum Gasteiger partial charge on any atom is 0.244 e. The number of amides is 1. The molecule has 0 radical (unpaired) electrons. The summed E-state index contributed by atoms with van der Waals surface area (Å²) in [7, 11) is 0. The van der Waals surface area contributed by atoms with Gasteiger partial charge in [0.1, 0.15) is 5.82 Å². The van der Waals surface area contributed by atoms with Crippen molar-refractivity contribution in [3.05, 3.63) is 101 Å². The van der Waals surface area contributed by atoms with Gasteiger partial charge in [-0.15, -0.1) is 0 Å². The van der Waals surface area contributed by atoms with Crippen LogP contribution in [0.5, 0.6) is 0 Å². The molecule has 5 nitrogen and oxygen atoms in total. The molecule has 0 saturated heterocycles. The van der Waals surface area contributed by atoms with Gasteiger partial charge in [0.2, 0.25) is 5.91 Å². The summed E-state index contributed by atoms with van der Waals surface area (Å²) in [6, 6.07) is 18.7. The SMILES string of the molecule is Cc1ccc(/C=C/C(=O)NCc2ccc(C(=O)Cc3cccnc3N)cc2)cc1. The third-order valence-electron chi connectivity index (χ3n) is 4.52. The standard InChI is InChI=1S/C24H23N3O2/c1-17-4-6-18(7-5-17)10-13-23(29)27-16-19-8-11-20(12-9-19)22(28)15-21-3-2-14-26-24(21)25/h2-14H,15-16H2,1H3,(H2,25,26)(H,27,29)/b13-10+. The monoisotopic (exact) mass is 385 g/mol. The van der Waals surface area contributed by atoms with Crippen molar-refractivity contribution in [2.75, 3.05) is 5.73 Å². The summed E-state index contributed by atoms with van der Waals surface area (Å²) >= 11 is 0. The number of benzene rings is 2. The first-order valence-corrected chi connectivity index (χ1v) is 9.35. The molecule has 0 saturated carbocycles. The van der Waals surface area contributed by atoms with Crippen LogP contribution in [0.15, 0.2) is 72.9 Å². The number of hydrogen-bond donors (Lipinski definition) is 2. The number of nitrogens with two attached hydrogens (primary N) is 1. The summed E-state index contributed by atoms with van der Waals surface area (Å²) in [5.74, 6) is 0.179. The number of nitrogen functional groups attached to an aromatic ring is 1. The lowest BCUT2D eigenvalue weighted by Crippen LogP contribution is -2.20. The van der Waals surface area contributed by atoms with E-state index in [9.17, 15) is 9.59 Å². The second kappa shape index (κ2) is 9.46. The molecular weight excluding hydrogens is 362 g/mol. The quantitative estimate of drug-likeness (QED) is 0.479. The second-order valence-electron chi connectivity index (χ2n) is 6.81. The van der Waals surface area contributed by atoms with Crippen LogP contribution in [0.1, 0.15) is 32.6 Å². The third-order valence-corrected chi connectivity index (χ3v) is 4.52. The smallest absolute Gasteiger partial charge is 0.244 e. The van der Waals surface area contributed by atoms with Gasteiger partial charge in [-0.25, -0.2) is 4.98 Å². The zero-order chi connectivity index (χ0) is 20.6. The van der Waals surface area contributed by atoms with Crippen LogP contribution < -0.4 is 11.1 Å². The van der Waals surface area contributed by atoms with Crippen LogP contribution in [-0.4, -0.2) is 16.7 Å². The van der Waals surface area contributed by atoms with Crippen molar-refractivity contribution >= 4 is 23.6 Å². The fourth-order valence-corrected chi connectivity index (χ4v) is 2.78. The fourth-order valence-electron chi connectivity index (χ4n) is 2.78. The molecule has 0 fully saturated rings. The Morgan fingerprint density at radius 2 is 1.76 bits per heavy atom. The van der Waals surface area contributed by atoms with Crippen LogP contribution in [0.3, 0.4) is 0 Å². The average molecular weight is 385 g/mol. The van der Waals surface area contributed by atoms with E-state index in [-0.39, 0.29) is 18.1 Å². The second-order valence-corrected chi connectivity index (χ2v) is 6.81. The van der Waals surface area contributed by atoms with Crippen LogP contribution in [0.4, 0.5) is 5.82 Å². The summed E-state index contributed by atoms with van der Waals surface area (Å²) in [6.07, 6.45) is 5.10. The molecule has 29 heavy (non-hydrogen) atoms. The van der Waals surface area contributed by atoms with Crippen molar-refractivity contribution in [3.8, 4) is 0 Å². The van der Waals surface area contributed by atoms with Gasteiger partial charge in [0, 0.05) is 36.4 Å². The highest BCUT2D eigenvalue weighted by molar-refractivity contribution is 5.98. The number of rotatable bonds is 7. The van der Waals surface area contributed by atoms with E-state index in [0.717, 1.165) is 11.1 Å². The zero-order valence-electron chi connectivity index (χ0n) is 16.3. The Bertz CT molecular complexity index is 1020. The van der Waals surface area contributed by atoms with Crippen LogP contribution in [-0.2, 0) is 17.8 Å². The first-order chi connectivity index (χ1) is 14.0. The molecule has 0 atom stereocenters. The van der Waals surface area contributed by atoms with Crippen molar-refractivity contribution < 1.29 is 9.59 Å². The molecule has 3 rings (SSSR count). The van der Waals surface area contributed by atoms with E-state index >= 15 is 0 Å². The van der Waals surface area contributed by atoms with Crippen LogP contribution in [0.25, 0.3) is 6.08 Å². The third kappa shape index (κ3) is 5.87. The van der Waals surface area contributed by atoms with Gasteiger partial charge in [-0.05, 0) is 30.2 Å². The number of hydrogen-bond acceptors (Lipinski definition) is 4. The average Bonchev–Trinajstić information content (AvgIpc) is 2.74. The number of pyridine rings is 1. The van der Waals surface area contributed by atoms with Crippen molar-refractivity contribution in [1.29, 1.82) is 0 Å². The minimum absolute atomic E-state index is 0.0266. The number of ketones is 1. The van der Waals surface area contributed by atoms with E-state index in [4.69, 9.17) is 5.73 Å². The lowest BCUT2D eigenvalue weighted by molar-refractivity contribution is -0.116. The Kier molecular flexibility index (Phi) is 6.53. The molecule has 1 amide bonds. The van der Waals surface area contributed by atoms with Crippen LogP contribution >= 0.6 is 0 Å². The van der Waals surface area contributed by atoms with Gasteiger partial charge in [0.05, 0.1) is 0 Å². The van der Waals surface area contributed by atoms with E-state index in [1.54, 1.807) is 36.5 Å². The first-order valence-electron chi connectivity index (χ1n) is 9.35. The Morgan fingerprint density at radius 1 is 1.03 bits per heavy atom. The number of Topliss-reactive ketones (excluding diaryl/α,β-unsaturated/α-hetero) is 1. The minimum atomic E-state index is -0.169. The van der Waals surface area contributed by atoms with E-state index in [2.05, 4.69) is 10.3 Å². The molecule has 3 N–H and O–H groups in total. The number of nitrogens with one attached hydrogen (secondary N) is 1. The van der Waals surface area contributed by atoms with E-state index < -0.39 is 0 Å². The van der Waals surface area contributed by atoms with Crippen LogP contribution in [0.2, 0.25) is 0 Å². The molecular formula is C24H23N3O2. The lowest BCUT2D eigenvalue weighted by atomic mass is 10.0. The zero-order valence-corrected chi connectivity index (χ0v) is 16.3. The molecule has 1 aromatic heterocycles. The summed E-state index contributed by atoms with van der Waals surface area (Å²) in [5, 5.41) is 2.84. The summed E-state index contributed by atoms with van der Waals surface area (Å²) < 4.78 is 0. The highest BCUT2D eigenvalue weighted by Gasteiger charge is 2.09. The molecule has 0 aliphatic rings. The van der Waals surface area contributed by atoms with E-state index in [1.165, 1.54) is 11.6 Å². The van der Waals surface area contributed by atoms with Gasteiger partial charge in [0.15, 0.2) is 5.78 Å². The number of nitrogens with zero attached hydrogens (tertiary/aromatic N) is 1. The Morgan fingerprint density at radius 3 is 2.45 bits per heavy atom. The summed E-state index contributed by atoms with van der Waals surface area (Å²) in [4.78, 5) is 28.4. The van der Waals surface area contributed by atoms with Gasteiger partial charge in [-0.1, -0.05) is 60.2 Å². The van der Waals surface area contributed by atoms with Gasteiger partial charge < -0.3 is 11.1 Å². The van der Waals surface area contributed by atoms with Crippen molar-refractivity contribution in [2.45, 2.75) is 19.9 Å². The number of aryl methyl sites for hydroxylation is 1. The summed E-state index contributed by atoms with van der Waals surface area (Å²) in [5.41, 5.74) is 10.2. The molecule has 0 spiro atoms. The molecule has 5 heteroatoms. The van der Waals surface area contributed by atoms with Crippen molar-refractivity contribution in [2.24, 2.45) is 0 Å². The maximum atomic E-state index is 12.4. The molecule has 0 aliphatic carbocycles. The van der Waals surface area contributed by atoms with Gasteiger partial charge >= 0.3 is 0 Å². The number of carbonyl (C=O) groups excluding carboxylic acids is 2. The summed E-state index contributed by atoms with van der Waals surface area (Å²) in [6.45, 7) is 2.41. The normalized spacial score (nSPS) is 10.8. The molecule has 0 unspecified atom stereocenters. The largest absolute Gasteiger partial charge is 0.383 e. The van der Waals surface area contributed by atoms with E-state index in [0.29, 0.717) is 23.5 Å². The topological polar surface area (TPSA) is 85.1 Å². The Hall–Kier alpha value is -3.73. The highest BCUT2D eigenvalue weighted by Crippen LogP contribution is 2.13. The predicted molar refractivity (Wildman–Crippen MR) is 115 cm³/mol. The van der Waals surface area contributed by atoms with Crippen LogP contribution in [0, 0.1) is 6.92 Å². The predicted octanol–water partition coefficient (Wildman–Crippen LogP) is 3.73. The molecule has 2 aromatic carbocycles. The van der Waals surface area contributed by atoms with Crippen molar-refractivity contribution in [1.82, 2.24) is 10.3 Å². The number of carbonyl (C=O) groups is 2. The van der Waals surface area contributed by atoms with Gasteiger partial charge in [-0.2, -0.15) is 0 Å². The molecule has 0 bridgehead atoms.